The van der Waals surface area contributed by atoms with E-state index in [-0.39, 0.29) is 5.82 Å². The van der Waals surface area contributed by atoms with E-state index in [1.165, 1.54) is 6.07 Å². The molecule has 1 N–H and O–H groups in total. The van der Waals surface area contributed by atoms with Gasteiger partial charge in [-0.1, -0.05) is 34.1 Å². The zero-order valence-corrected chi connectivity index (χ0v) is 12.8. The Bertz CT molecular complexity index is 584. The highest BCUT2D eigenvalue weighted by Gasteiger charge is 2.15. The Kier molecular flexibility index (Phi) is 4.20. The highest BCUT2D eigenvalue weighted by atomic mass is 79.9. The molecule has 0 fully saturated rings. The third kappa shape index (κ3) is 2.82. The van der Waals surface area contributed by atoms with E-state index in [1.807, 2.05) is 25.1 Å². The first-order valence-corrected chi connectivity index (χ1v) is 6.96. The maximum absolute atomic E-state index is 13.2. The van der Waals surface area contributed by atoms with E-state index >= 15 is 0 Å². The van der Waals surface area contributed by atoms with E-state index in [9.17, 15) is 9.50 Å². The summed E-state index contributed by atoms with van der Waals surface area (Å²) >= 11 is 6.55. The molecule has 0 spiro atoms. The number of aliphatic hydroxyl groups excluding tert-OH is 1. The summed E-state index contributed by atoms with van der Waals surface area (Å²) in [6.45, 7) is 1.98. The molecule has 0 heterocycles. The minimum absolute atomic E-state index is 0.339. The zero-order valence-electron chi connectivity index (χ0n) is 9.62. The molecule has 0 aliphatic heterocycles. The monoisotopic (exact) mass is 372 g/mol. The summed E-state index contributed by atoms with van der Waals surface area (Å²) in [4.78, 5) is 0. The minimum atomic E-state index is -0.781. The molecule has 1 atom stereocenters. The molecule has 94 valence electrons. The van der Waals surface area contributed by atoms with Crippen LogP contribution >= 0.6 is 31.9 Å². The second-order valence-electron chi connectivity index (χ2n) is 4.10. The van der Waals surface area contributed by atoms with Crippen LogP contribution in [-0.2, 0) is 0 Å². The lowest BCUT2D eigenvalue weighted by Crippen LogP contribution is -2.01. The van der Waals surface area contributed by atoms with Crippen molar-refractivity contribution < 1.29 is 9.50 Å². The van der Waals surface area contributed by atoms with Crippen molar-refractivity contribution in [1.29, 1.82) is 0 Å². The van der Waals surface area contributed by atoms with Crippen molar-refractivity contribution in [1.82, 2.24) is 0 Å². The molecule has 0 aromatic heterocycles. The summed E-state index contributed by atoms with van der Waals surface area (Å²) < 4.78 is 14.4. The van der Waals surface area contributed by atoms with Gasteiger partial charge in [0.1, 0.15) is 11.9 Å². The summed E-state index contributed by atoms with van der Waals surface area (Å²) in [5, 5.41) is 10.3. The normalized spacial score (nSPS) is 12.5. The van der Waals surface area contributed by atoms with Gasteiger partial charge in [-0.3, -0.25) is 0 Å². The largest absolute Gasteiger partial charge is 0.384 e. The number of halogens is 3. The van der Waals surface area contributed by atoms with E-state index in [4.69, 9.17) is 0 Å². The highest BCUT2D eigenvalue weighted by molar-refractivity contribution is 9.10. The van der Waals surface area contributed by atoms with Crippen LogP contribution < -0.4 is 0 Å². The van der Waals surface area contributed by atoms with Crippen molar-refractivity contribution >= 4 is 31.9 Å². The number of aryl methyl sites for hydroxylation is 1. The summed E-state index contributed by atoms with van der Waals surface area (Å²) in [6, 6.07) is 10.2. The van der Waals surface area contributed by atoms with Crippen molar-refractivity contribution in [2.45, 2.75) is 13.0 Å². The van der Waals surface area contributed by atoms with Crippen molar-refractivity contribution in [2.75, 3.05) is 0 Å². The highest BCUT2D eigenvalue weighted by Crippen LogP contribution is 2.31. The van der Waals surface area contributed by atoms with Crippen molar-refractivity contribution in [3.63, 3.8) is 0 Å². The Hall–Kier alpha value is -0.710. The van der Waals surface area contributed by atoms with Crippen LogP contribution in [0.2, 0.25) is 0 Å². The molecular formula is C14H11Br2FO. The Morgan fingerprint density at radius 3 is 2.39 bits per heavy atom. The smallest absolute Gasteiger partial charge is 0.137 e. The fraction of sp³-hybridized carbons (Fsp3) is 0.143. The molecule has 2 aromatic carbocycles. The van der Waals surface area contributed by atoms with Gasteiger partial charge in [0.15, 0.2) is 0 Å². The van der Waals surface area contributed by atoms with Crippen LogP contribution in [0.4, 0.5) is 4.39 Å². The first-order chi connectivity index (χ1) is 8.49. The molecule has 1 nitrogen and oxygen atoms in total. The van der Waals surface area contributed by atoms with Gasteiger partial charge in [-0.05, 0) is 57.7 Å². The van der Waals surface area contributed by atoms with Gasteiger partial charge in [0.25, 0.3) is 0 Å². The van der Waals surface area contributed by atoms with Crippen LogP contribution in [0.1, 0.15) is 22.8 Å². The van der Waals surface area contributed by atoms with Crippen molar-refractivity contribution in [3.05, 3.63) is 67.9 Å². The number of hydrogen-bond acceptors (Lipinski definition) is 1. The van der Waals surface area contributed by atoms with Crippen LogP contribution in [0, 0.1) is 12.7 Å². The number of benzene rings is 2. The Balaban J connectivity index is 2.41. The predicted octanol–water partition coefficient (Wildman–Crippen LogP) is 4.74. The molecule has 1 unspecified atom stereocenters. The summed E-state index contributed by atoms with van der Waals surface area (Å²) in [6.07, 6.45) is -0.781. The van der Waals surface area contributed by atoms with E-state index in [0.29, 0.717) is 10.0 Å². The summed E-state index contributed by atoms with van der Waals surface area (Å²) in [7, 11) is 0. The topological polar surface area (TPSA) is 20.2 Å². The standard InChI is InChI=1S/C14H11Br2FO/c1-8-2-4-10(11(15)6-8)14(18)9-3-5-13(17)12(16)7-9/h2-7,14,18H,1H3. The van der Waals surface area contributed by atoms with Crippen LogP contribution in [-0.4, -0.2) is 5.11 Å². The van der Waals surface area contributed by atoms with Crippen molar-refractivity contribution in [3.8, 4) is 0 Å². The molecule has 2 rings (SSSR count). The van der Waals surface area contributed by atoms with E-state index in [0.717, 1.165) is 15.6 Å². The average Bonchev–Trinajstić information content (AvgIpc) is 2.32. The molecule has 0 radical (unpaired) electrons. The lowest BCUT2D eigenvalue weighted by Gasteiger charge is -2.14. The van der Waals surface area contributed by atoms with Gasteiger partial charge in [-0.25, -0.2) is 4.39 Å². The molecule has 0 bridgehead atoms. The van der Waals surface area contributed by atoms with E-state index < -0.39 is 6.10 Å². The second-order valence-corrected chi connectivity index (χ2v) is 5.81. The molecule has 0 saturated carbocycles. The first-order valence-electron chi connectivity index (χ1n) is 5.38. The van der Waals surface area contributed by atoms with Gasteiger partial charge in [-0.15, -0.1) is 0 Å². The Morgan fingerprint density at radius 2 is 1.78 bits per heavy atom. The lowest BCUT2D eigenvalue weighted by molar-refractivity contribution is 0.219. The SMILES string of the molecule is Cc1ccc(C(O)c2ccc(F)c(Br)c2)c(Br)c1. The third-order valence-electron chi connectivity index (χ3n) is 2.71. The average molecular weight is 374 g/mol. The predicted molar refractivity (Wildman–Crippen MR) is 77.0 cm³/mol. The van der Waals surface area contributed by atoms with Crippen LogP contribution in [0.25, 0.3) is 0 Å². The molecule has 18 heavy (non-hydrogen) atoms. The first kappa shape index (κ1) is 13.7. The molecule has 0 saturated heterocycles. The molecular weight excluding hydrogens is 363 g/mol. The number of aliphatic hydroxyl groups is 1. The minimum Gasteiger partial charge on any atom is -0.384 e. The van der Waals surface area contributed by atoms with Crippen molar-refractivity contribution in [2.24, 2.45) is 0 Å². The maximum Gasteiger partial charge on any atom is 0.137 e. The van der Waals surface area contributed by atoms with Gasteiger partial charge in [0.05, 0.1) is 4.47 Å². The Labute approximate surface area is 122 Å². The van der Waals surface area contributed by atoms with Crippen LogP contribution in [0.15, 0.2) is 45.3 Å². The lowest BCUT2D eigenvalue weighted by atomic mass is 10.0. The number of rotatable bonds is 2. The fourth-order valence-corrected chi connectivity index (χ4v) is 2.82. The fourth-order valence-electron chi connectivity index (χ4n) is 1.72. The van der Waals surface area contributed by atoms with Gasteiger partial charge in [-0.2, -0.15) is 0 Å². The number of hydrogen-bond donors (Lipinski definition) is 1. The van der Waals surface area contributed by atoms with Gasteiger partial charge < -0.3 is 5.11 Å². The molecule has 2 aromatic rings. The Morgan fingerprint density at radius 1 is 1.06 bits per heavy atom. The van der Waals surface area contributed by atoms with Crippen LogP contribution in [0.5, 0.6) is 0 Å². The van der Waals surface area contributed by atoms with E-state index in [2.05, 4.69) is 31.9 Å². The van der Waals surface area contributed by atoms with E-state index in [1.54, 1.807) is 12.1 Å². The van der Waals surface area contributed by atoms with Gasteiger partial charge in [0, 0.05) is 4.47 Å². The molecule has 4 heteroatoms. The van der Waals surface area contributed by atoms with Crippen LogP contribution in [0.3, 0.4) is 0 Å². The molecule has 0 amide bonds. The summed E-state index contributed by atoms with van der Waals surface area (Å²) in [5.74, 6) is -0.339. The second kappa shape index (κ2) is 5.51. The molecule has 0 aliphatic rings. The van der Waals surface area contributed by atoms with Gasteiger partial charge >= 0.3 is 0 Å². The summed E-state index contributed by atoms with van der Waals surface area (Å²) in [5.41, 5.74) is 2.52. The third-order valence-corrected chi connectivity index (χ3v) is 4.00. The molecule has 0 aliphatic carbocycles. The zero-order chi connectivity index (χ0) is 13.3. The maximum atomic E-state index is 13.2. The quantitative estimate of drug-likeness (QED) is 0.805. The van der Waals surface area contributed by atoms with Gasteiger partial charge in [0.2, 0.25) is 0 Å².